The molecule has 8 atom stereocenters. The molecule has 0 amide bonds. The third-order valence-corrected chi connectivity index (χ3v) is 10.2. The maximum absolute atomic E-state index is 17.2. The summed E-state index contributed by atoms with van der Waals surface area (Å²) in [6, 6.07) is 0. The Hall–Kier alpha value is 0.930. The molecular formula is C22H27FNa2O11P2-2. The van der Waals surface area contributed by atoms with E-state index in [2.05, 4.69) is 4.52 Å². The van der Waals surface area contributed by atoms with Crippen LogP contribution in [0.25, 0.3) is 0 Å². The summed E-state index contributed by atoms with van der Waals surface area (Å²) >= 11 is 0. The number of carbonyl (C=O) groups is 2. The van der Waals surface area contributed by atoms with Gasteiger partial charge in [0.25, 0.3) is 0 Å². The van der Waals surface area contributed by atoms with E-state index in [1.807, 2.05) is 0 Å². The first-order chi connectivity index (χ1) is 16.3. The van der Waals surface area contributed by atoms with E-state index in [-0.39, 0.29) is 77.7 Å². The Morgan fingerprint density at radius 1 is 1.16 bits per heavy atom. The second kappa shape index (κ2) is 11.2. The van der Waals surface area contributed by atoms with Gasteiger partial charge in [0.1, 0.15) is 12.2 Å². The number of halogens is 1. The molecule has 4 rings (SSSR count). The van der Waals surface area contributed by atoms with Gasteiger partial charge in [-0.3, -0.25) is 9.59 Å². The van der Waals surface area contributed by atoms with E-state index in [0.29, 0.717) is 12.0 Å². The van der Waals surface area contributed by atoms with Crippen molar-refractivity contribution in [2.45, 2.75) is 63.8 Å². The van der Waals surface area contributed by atoms with Gasteiger partial charge >= 0.3 is 59.1 Å². The van der Waals surface area contributed by atoms with Gasteiger partial charge in [-0.15, -0.1) is 0 Å². The van der Waals surface area contributed by atoms with Crippen molar-refractivity contribution < 1.29 is 116 Å². The van der Waals surface area contributed by atoms with Gasteiger partial charge in [-0.2, -0.15) is 0 Å². The summed E-state index contributed by atoms with van der Waals surface area (Å²) in [4.78, 5) is 71.0. The summed E-state index contributed by atoms with van der Waals surface area (Å²) < 4.78 is 49.1. The van der Waals surface area contributed by atoms with Crippen LogP contribution in [0.1, 0.15) is 46.5 Å². The minimum absolute atomic E-state index is 0. The third-order valence-electron chi connectivity index (χ3n) is 9.20. The monoisotopic (exact) mass is 594 g/mol. The Kier molecular flexibility index (Phi) is 10.4. The summed E-state index contributed by atoms with van der Waals surface area (Å²) in [6.07, 6.45) is 2.18. The van der Waals surface area contributed by atoms with Crippen molar-refractivity contribution in [2.24, 2.45) is 28.6 Å². The summed E-state index contributed by atoms with van der Waals surface area (Å²) in [7, 11) is -11.5. The largest absolute Gasteiger partial charge is 1.00 e. The van der Waals surface area contributed by atoms with Crippen LogP contribution in [0.15, 0.2) is 23.8 Å². The van der Waals surface area contributed by atoms with Crippen LogP contribution in [-0.2, 0) is 27.8 Å². The van der Waals surface area contributed by atoms with Crippen molar-refractivity contribution in [3.63, 3.8) is 0 Å². The molecule has 38 heavy (non-hydrogen) atoms. The van der Waals surface area contributed by atoms with Crippen molar-refractivity contribution in [1.82, 2.24) is 0 Å². The second-order valence-electron chi connectivity index (χ2n) is 10.8. The Morgan fingerprint density at radius 3 is 2.32 bits per heavy atom. The number of phosphoric ester groups is 2. The second-order valence-corrected chi connectivity index (χ2v) is 13.0. The molecule has 0 aromatic heterocycles. The number of Topliss-reactive ketones (excluding diaryl/α,β-unsaturated/α-hetero) is 1. The molecule has 0 heterocycles. The first-order valence-electron chi connectivity index (χ1n) is 11.6. The quantitative estimate of drug-likeness (QED) is 0.227. The van der Waals surface area contributed by atoms with Gasteiger partial charge in [0.05, 0.1) is 21.7 Å². The minimum atomic E-state index is -5.89. The van der Waals surface area contributed by atoms with E-state index in [0.717, 1.165) is 0 Å². The number of hydrogen-bond acceptors (Lipinski definition) is 11. The summed E-state index contributed by atoms with van der Waals surface area (Å²) in [5.74, 6) is -4.34. The van der Waals surface area contributed by atoms with Crippen molar-refractivity contribution in [3.05, 3.63) is 23.8 Å². The number of hydrogen-bond donors (Lipinski definition) is 1. The van der Waals surface area contributed by atoms with E-state index >= 15 is 4.39 Å². The average Bonchev–Trinajstić information content (AvgIpc) is 2.94. The predicted molar refractivity (Wildman–Crippen MR) is 113 cm³/mol. The summed E-state index contributed by atoms with van der Waals surface area (Å²) in [5, 5.41) is 11.3. The van der Waals surface area contributed by atoms with Gasteiger partial charge in [0.15, 0.2) is 17.2 Å². The molecule has 1 N–H and O–H groups in total. The molecule has 11 nitrogen and oxygen atoms in total. The van der Waals surface area contributed by atoms with Crippen LogP contribution in [-0.4, -0.2) is 40.7 Å². The van der Waals surface area contributed by atoms with Crippen molar-refractivity contribution in [3.8, 4) is 0 Å². The number of phosphoric acid groups is 2. The van der Waals surface area contributed by atoms with Gasteiger partial charge in [0, 0.05) is 16.7 Å². The molecule has 3 saturated carbocycles. The van der Waals surface area contributed by atoms with Crippen LogP contribution in [0.4, 0.5) is 4.39 Å². The van der Waals surface area contributed by atoms with Crippen LogP contribution < -0.4 is 78.7 Å². The number of allylic oxidation sites excluding steroid dienone is 4. The zero-order valence-electron chi connectivity index (χ0n) is 21.9. The number of aliphatic hydroxyl groups excluding tert-OH is 1. The molecule has 0 radical (unpaired) electrons. The van der Waals surface area contributed by atoms with Crippen molar-refractivity contribution in [1.29, 1.82) is 0 Å². The van der Waals surface area contributed by atoms with Gasteiger partial charge in [-0.25, -0.2) is 4.39 Å². The van der Waals surface area contributed by atoms with E-state index in [4.69, 9.17) is 4.52 Å². The summed E-state index contributed by atoms with van der Waals surface area (Å²) in [6.45, 7) is 3.00. The van der Waals surface area contributed by atoms with Crippen LogP contribution in [0.3, 0.4) is 0 Å². The molecular weight excluding hydrogens is 567 g/mol. The molecule has 16 heteroatoms. The van der Waals surface area contributed by atoms with Gasteiger partial charge in [-0.1, -0.05) is 25.5 Å². The van der Waals surface area contributed by atoms with Crippen LogP contribution in [0.2, 0.25) is 0 Å². The molecule has 4 aliphatic carbocycles. The van der Waals surface area contributed by atoms with Crippen molar-refractivity contribution in [2.75, 3.05) is 6.61 Å². The average molecular weight is 594 g/mol. The molecule has 0 aromatic rings. The standard InChI is InChI=1S/C22H31FO11P2.2Na/c1-12-8-16-15-5-4-13-9-14(24)6-7-19(13,2)21(15,23)17(25)10-20(16,3)22(12,34-36(30,31)32)18(26)11-33-35(27,28)29;;/h6-7,9,12,15-17,25H,4-5,8,10-11H2,1-3H3,(H2,27,28,29)(H2,30,31,32);;/q;2*+1/p-4/t12-,15+,16+,17+,19+,20+,21+,22+;;/m1../s1. The maximum atomic E-state index is 17.2. The number of carbonyl (C=O) groups excluding carboxylic acids is 2. The fraction of sp³-hybridized carbons (Fsp3) is 0.727. The van der Waals surface area contributed by atoms with Gasteiger partial charge in [-0.05, 0) is 56.6 Å². The first kappa shape index (κ1) is 35.1. The fourth-order valence-corrected chi connectivity index (χ4v) is 8.91. The number of rotatable bonds is 6. The minimum Gasteiger partial charge on any atom is -0.790 e. The molecule has 0 aliphatic heterocycles. The maximum Gasteiger partial charge on any atom is 1.00 e. The Morgan fingerprint density at radius 2 is 1.76 bits per heavy atom. The number of fused-ring (bicyclic) bond motifs is 5. The van der Waals surface area contributed by atoms with E-state index < -0.39 is 80.4 Å². The molecule has 0 unspecified atom stereocenters. The number of ketones is 2. The van der Waals surface area contributed by atoms with Crippen LogP contribution in [0, 0.1) is 28.6 Å². The summed E-state index contributed by atoms with van der Waals surface area (Å²) in [5.41, 5.74) is -7.27. The van der Waals surface area contributed by atoms with Crippen LogP contribution in [0.5, 0.6) is 0 Å². The van der Waals surface area contributed by atoms with Crippen LogP contribution >= 0.6 is 15.6 Å². The Labute approximate surface area is 264 Å². The fourth-order valence-electron chi connectivity index (χ4n) is 7.79. The molecule has 4 aliphatic rings. The smallest absolute Gasteiger partial charge is 0.790 e. The predicted octanol–water partition coefficient (Wildman–Crippen LogP) is -6.39. The van der Waals surface area contributed by atoms with E-state index in [1.165, 1.54) is 32.1 Å². The van der Waals surface area contributed by atoms with E-state index in [1.54, 1.807) is 6.92 Å². The molecule has 3 fully saturated rings. The third kappa shape index (κ3) is 5.29. The zero-order valence-corrected chi connectivity index (χ0v) is 27.7. The Balaban J connectivity index is 0.00000253. The van der Waals surface area contributed by atoms with Crippen molar-refractivity contribution >= 4 is 27.2 Å². The molecule has 0 saturated heterocycles. The van der Waals surface area contributed by atoms with Gasteiger partial charge in [0.2, 0.25) is 0 Å². The van der Waals surface area contributed by atoms with E-state index in [9.17, 15) is 43.4 Å². The number of alkyl halides is 1. The topological polar surface area (TPSA) is 199 Å². The molecule has 0 aromatic carbocycles. The molecule has 0 bridgehead atoms. The zero-order chi connectivity index (χ0) is 27.1. The Bertz CT molecular complexity index is 1150. The molecule has 0 spiro atoms. The normalized spacial score (nSPS) is 42.1. The van der Waals surface area contributed by atoms with Gasteiger partial charge < -0.3 is 42.9 Å². The SMILES string of the molecule is C[C@@H]1C[C@H]2[C@@H]3CCC4=CC(=O)C=C[C@]4(C)[C@@]3(F)[C@@H](O)C[C@]2(C)[C@@]1(OP(=O)([O-])[O-])C(=O)COP(=O)([O-])[O-].[Na+].[Na+]. The first-order valence-corrected chi connectivity index (χ1v) is 14.5. The number of aliphatic hydroxyl groups is 1. The molecule has 202 valence electrons.